The van der Waals surface area contributed by atoms with Crippen LogP contribution in [-0.4, -0.2) is 23.2 Å². The van der Waals surface area contributed by atoms with Crippen LogP contribution in [0, 0.1) is 0 Å². The van der Waals surface area contributed by atoms with Gasteiger partial charge in [-0.15, -0.1) is 0 Å². The van der Waals surface area contributed by atoms with Crippen LogP contribution < -0.4 is 4.90 Å². The lowest BCUT2D eigenvalue weighted by molar-refractivity contribution is -0.138. The first-order chi connectivity index (χ1) is 9.70. The maximum absolute atomic E-state index is 12.8. The number of aliphatic carboxylic acids is 1. The molecular formula is C15H18F3NO2. The van der Waals surface area contributed by atoms with Gasteiger partial charge in [-0.2, -0.15) is 13.2 Å². The summed E-state index contributed by atoms with van der Waals surface area (Å²) in [6.45, 7) is 3.81. The van der Waals surface area contributed by atoms with E-state index >= 15 is 0 Å². The van der Waals surface area contributed by atoms with Gasteiger partial charge in [0, 0.05) is 24.2 Å². The lowest BCUT2D eigenvalue weighted by atomic mass is 10.0. The summed E-state index contributed by atoms with van der Waals surface area (Å²) in [6, 6.07) is 3.74. The predicted octanol–water partition coefficient (Wildman–Crippen LogP) is 3.71. The minimum atomic E-state index is -4.36. The van der Waals surface area contributed by atoms with Crippen molar-refractivity contribution >= 4 is 11.7 Å². The van der Waals surface area contributed by atoms with Gasteiger partial charge in [-0.05, 0) is 44.4 Å². The number of carboxylic acids is 1. The highest BCUT2D eigenvalue weighted by molar-refractivity contribution is 5.67. The fraction of sp³-hybridized carbons (Fsp3) is 0.533. The highest BCUT2D eigenvalue weighted by Gasteiger charge is 2.36. The number of alkyl halides is 3. The maximum Gasteiger partial charge on any atom is 0.416 e. The lowest BCUT2D eigenvalue weighted by Gasteiger charge is -2.31. The Hall–Kier alpha value is -1.72. The van der Waals surface area contributed by atoms with Gasteiger partial charge in [-0.1, -0.05) is 6.07 Å². The second-order valence-corrected chi connectivity index (χ2v) is 5.63. The standard InChI is InChI=1S/C15H18F3NO2/c1-9(2)19-12(5-6-14(20)21)7-10-3-4-11(8-13(10)19)15(16,17)18/h3-4,8-9,12H,5-7H2,1-2H3,(H,20,21). The topological polar surface area (TPSA) is 40.5 Å². The summed E-state index contributed by atoms with van der Waals surface area (Å²) in [5.74, 6) is -0.884. The minimum absolute atomic E-state index is 0.0218. The van der Waals surface area contributed by atoms with Crippen LogP contribution in [0.2, 0.25) is 0 Å². The Labute approximate surface area is 121 Å². The fourth-order valence-corrected chi connectivity index (χ4v) is 2.93. The van der Waals surface area contributed by atoms with Crippen molar-refractivity contribution in [1.82, 2.24) is 0 Å². The molecule has 1 aliphatic heterocycles. The van der Waals surface area contributed by atoms with E-state index in [0.29, 0.717) is 18.5 Å². The van der Waals surface area contributed by atoms with Crippen molar-refractivity contribution < 1.29 is 23.1 Å². The molecule has 1 N–H and O–H groups in total. The van der Waals surface area contributed by atoms with E-state index in [2.05, 4.69) is 0 Å². The molecule has 0 amide bonds. The highest BCUT2D eigenvalue weighted by Crippen LogP contribution is 2.40. The molecular weight excluding hydrogens is 283 g/mol. The molecule has 0 bridgehead atoms. The van der Waals surface area contributed by atoms with E-state index in [1.54, 1.807) is 0 Å². The largest absolute Gasteiger partial charge is 0.481 e. The zero-order chi connectivity index (χ0) is 15.8. The van der Waals surface area contributed by atoms with Gasteiger partial charge < -0.3 is 10.0 Å². The van der Waals surface area contributed by atoms with E-state index in [1.807, 2.05) is 18.7 Å². The molecule has 1 aliphatic rings. The van der Waals surface area contributed by atoms with Crippen molar-refractivity contribution in [2.24, 2.45) is 0 Å². The van der Waals surface area contributed by atoms with Crippen LogP contribution in [0.25, 0.3) is 0 Å². The molecule has 1 unspecified atom stereocenters. The highest BCUT2D eigenvalue weighted by atomic mass is 19.4. The van der Waals surface area contributed by atoms with Crippen LogP contribution in [0.5, 0.6) is 0 Å². The molecule has 0 saturated heterocycles. The lowest BCUT2D eigenvalue weighted by Crippen LogP contribution is -2.38. The van der Waals surface area contributed by atoms with E-state index in [0.717, 1.165) is 11.6 Å². The van der Waals surface area contributed by atoms with E-state index in [9.17, 15) is 18.0 Å². The zero-order valence-electron chi connectivity index (χ0n) is 11.9. The smallest absolute Gasteiger partial charge is 0.416 e. The van der Waals surface area contributed by atoms with E-state index < -0.39 is 17.7 Å². The Kier molecular flexibility index (Phi) is 4.16. The number of benzene rings is 1. The number of rotatable bonds is 4. The molecule has 116 valence electrons. The van der Waals surface area contributed by atoms with Crippen molar-refractivity contribution in [3.8, 4) is 0 Å². The van der Waals surface area contributed by atoms with Crippen molar-refractivity contribution in [2.75, 3.05) is 4.90 Å². The summed E-state index contributed by atoms with van der Waals surface area (Å²) >= 11 is 0. The van der Waals surface area contributed by atoms with Gasteiger partial charge >= 0.3 is 12.1 Å². The first-order valence-electron chi connectivity index (χ1n) is 6.90. The number of halogens is 3. The quantitative estimate of drug-likeness (QED) is 0.921. The second-order valence-electron chi connectivity index (χ2n) is 5.63. The molecule has 0 radical (unpaired) electrons. The first kappa shape index (κ1) is 15.7. The molecule has 0 aliphatic carbocycles. The average molecular weight is 301 g/mol. The number of hydrogen-bond acceptors (Lipinski definition) is 2. The van der Waals surface area contributed by atoms with Gasteiger partial charge in [0.25, 0.3) is 0 Å². The Morgan fingerprint density at radius 2 is 2.10 bits per heavy atom. The van der Waals surface area contributed by atoms with Gasteiger partial charge in [-0.25, -0.2) is 0 Å². The van der Waals surface area contributed by atoms with Crippen LogP contribution in [0.3, 0.4) is 0 Å². The maximum atomic E-state index is 12.8. The van der Waals surface area contributed by atoms with Crippen LogP contribution >= 0.6 is 0 Å². The normalized spacial score (nSPS) is 18.2. The summed E-state index contributed by atoms with van der Waals surface area (Å²) in [4.78, 5) is 12.6. The Bertz CT molecular complexity index is 540. The summed E-state index contributed by atoms with van der Waals surface area (Å²) in [7, 11) is 0. The number of carboxylic acid groups (broad SMARTS) is 1. The molecule has 6 heteroatoms. The third-order valence-corrected chi connectivity index (χ3v) is 3.79. The van der Waals surface area contributed by atoms with Crippen LogP contribution in [0.1, 0.15) is 37.8 Å². The zero-order valence-corrected chi connectivity index (χ0v) is 11.9. The van der Waals surface area contributed by atoms with Crippen molar-refractivity contribution in [1.29, 1.82) is 0 Å². The number of nitrogens with zero attached hydrogens (tertiary/aromatic N) is 1. The predicted molar refractivity (Wildman–Crippen MR) is 73.4 cm³/mol. The van der Waals surface area contributed by atoms with Gasteiger partial charge in [0.1, 0.15) is 0 Å². The fourth-order valence-electron chi connectivity index (χ4n) is 2.93. The summed E-state index contributed by atoms with van der Waals surface area (Å²) in [6.07, 6.45) is -3.31. The summed E-state index contributed by atoms with van der Waals surface area (Å²) < 4.78 is 38.5. The Balaban J connectivity index is 2.31. The molecule has 0 fully saturated rings. The average Bonchev–Trinajstić information content (AvgIpc) is 2.72. The third-order valence-electron chi connectivity index (χ3n) is 3.79. The molecule has 1 atom stereocenters. The van der Waals surface area contributed by atoms with Crippen molar-refractivity contribution in [3.05, 3.63) is 29.3 Å². The first-order valence-corrected chi connectivity index (χ1v) is 6.90. The molecule has 0 aromatic heterocycles. The second kappa shape index (κ2) is 5.58. The van der Waals surface area contributed by atoms with E-state index in [-0.39, 0.29) is 18.5 Å². The molecule has 21 heavy (non-hydrogen) atoms. The third kappa shape index (κ3) is 3.31. The SMILES string of the molecule is CC(C)N1c2cc(C(F)(F)F)ccc2CC1CCC(=O)O. The molecule has 3 nitrogen and oxygen atoms in total. The molecule has 1 aromatic rings. The number of carbonyl (C=O) groups is 1. The Morgan fingerprint density at radius 1 is 1.43 bits per heavy atom. The molecule has 1 heterocycles. The van der Waals surface area contributed by atoms with E-state index in [1.165, 1.54) is 12.1 Å². The molecule has 0 saturated carbocycles. The van der Waals surface area contributed by atoms with Crippen molar-refractivity contribution in [2.45, 2.75) is 51.4 Å². The van der Waals surface area contributed by atoms with Crippen LogP contribution in [-0.2, 0) is 17.4 Å². The summed E-state index contributed by atoms with van der Waals surface area (Å²) in [5.41, 5.74) is 0.771. The Morgan fingerprint density at radius 3 is 2.62 bits per heavy atom. The van der Waals surface area contributed by atoms with Gasteiger partial charge in [0.2, 0.25) is 0 Å². The monoisotopic (exact) mass is 301 g/mol. The minimum Gasteiger partial charge on any atom is -0.481 e. The van der Waals surface area contributed by atoms with E-state index in [4.69, 9.17) is 5.11 Å². The van der Waals surface area contributed by atoms with Gasteiger partial charge in [0.05, 0.1) is 5.56 Å². The van der Waals surface area contributed by atoms with Gasteiger partial charge in [-0.3, -0.25) is 4.79 Å². The number of fused-ring (bicyclic) bond motifs is 1. The molecule has 2 rings (SSSR count). The molecule has 1 aromatic carbocycles. The number of hydrogen-bond donors (Lipinski definition) is 1. The van der Waals surface area contributed by atoms with Gasteiger partial charge in [0.15, 0.2) is 0 Å². The van der Waals surface area contributed by atoms with Crippen LogP contribution in [0.4, 0.5) is 18.9 Å². The van der Waals surface area contributed by atoms with Crippen LogP contribution in [0.15, 0.2) is 18.2 Å². The number of anilines is 1. The summed E-state index contributed by atoms with van der Waals surface area (Å²) in [5, 5.41) is 8.80. The van der Waals surface area contributed by atoms with Crippen molar-refractivity contribution in [3.63, 3.8) is 0 Å². The molecule has 0 spiro atoms.